The molecule has 0 aliphatic carbocycles. The smallest absolute Gasteiger partial charge is 0.146 e. The highest BCUT2D eigenvalue weighted by Crippen LogP contribution is 2.23. The van der Waals surface area contributed by atoms with E-state index in [0.29, 0.717) is 12.2 Å². The maximum absolute atomic E-state index is 13.8. The maximum Gasteiger partial charge on any atom is 0.146 e. The van der Waals surface area contributed by atoms with E-state index < -0.39 is 0 Å². The van der Waals surface area contributed by atoms with Crippen molar-refractivity contribution in [1.29, 1.82) is 0 Å². The van der Waals surface area contributed by atoms with Crippen LogP contribution >= 0.6 is 11.3 Å². The molecule has 0 bridgehead atoms. The molecule has 0 aliphatic rings. The van der Waals surface area contributed by atoms with E-state index in [1.165, 1.54) is 6.07 Å². The minimum absolute atomic E-state index is 0.135. The number of rotatable bonds is 4. The average molecular weight is 289 g/mol. The quantitative estimate of drug-likeness (QED) is 0.873. The summed E-state index contributed by atoms with van der Waals surface area (Å²) in [5.41, 5.74) is 0.617. The van der Waals surface area contributed by atoms with E-state index in [4.69, 9.17) is 5.11 Å². The van der Waals surface area contributed by atoms with E-state index in [-0.39, 0.29) is 12.4 Å². The molecule has 0 radical (unpaired) electrons. The second-order valence-corrected chi connectivity index (χ2v) is 5.36. The number of halogens is 1. The number of hydrogen-bond donors (Lipinski definition) is 1. The SMILES string of the molecule is CCN(Cc1ccc(C#CCO)s1)c1ccccc1F. The zero-order valence-electron chi connectivity index (χ0n) is 11.3. The third kappa shape index (κ3) is 3.60. The molecule has 4 heteroatoms. The number of benzene rings is 1. The number of para-hydroxylation sites is 1. The van der Waals surface area contributed by atoms with Crippen molar-refractivity contribution in [1.82, 2.24) is 0 Å². The van der Waals surface area contributed by atoms with E-state index in [1.54, 1.807) is 23.5 Å². The van der Waals surface area contributed by atoms with Crippen LogP contribution in [-0.2, 0) is 6.54 Å². The molecule has 2 rings (SSSR count). The van der Waals surface area contributed by atoms with E-state index in [1.807, 2.05) is 30.0 Å². The Kier molecular flexibility index (Phi) is 5.16. The highest BCUT2D eigenvalue weighted by molar-refractivity contribution is 7.12. The van der Waals surface area contributed by atoms with Crippen LogP contribution in [0.3, 0.4) is 0 Å². The lowest BCUT2D eigenvalue weighted by Crippen LogP contribution is -2.22. The Hall–Kier alpha value is -1.83. The molecule has 0 saturated carbocycles. The highest BCUT2D eigenvalue weighted by Gasteiger charge is 2.10. The average Bonchev–Trinajstić information content (AvgIpc) is 2.91. The van der Waals surface area contributed by atoms with Gasteiger partial charge in [0.15, 0.2) is 0 Å². The van der Waals surface area contributed by atoms with Crippen molar-refractivity contribution in [3.8, 4) is 11.8 Å². The molecule has 0 saturated heterocycles. The zero-order chi connectivity index (χ0) is 14.4. The second-order valence-electron chi connectivity index (χ2n) is 4.19. The predicted octanol–water partition coefficient (Wildman–Crippen LogP) is 3.26. The molecule has 0 spiro atoms. The third-order valence-corrected chi connectivity index (χ3v) is 3.86. The van der Waals surface area contributed by atoms with Gasteiger partial charge in [-0.25, -0.2) is 4.39 Å². The fraction of sp³-hybridized carbons (Fsp3) is 0.250. The Morgan fingerprint density at radius 1 is 1.25 bits per heavy atom. The first-order valence-electron chi connectivity index (χ1n) is 6.42. The van der Waals surface area contributed by atoms with Crippen LogP contribution in [0.2, 0.25) is 0 Å². The van der Waals surface area contributed by atoms with Gasteiger partial charge in [0.05, 0.1) is 17.1 Å². The van der Waals surface area contributed by atoms with Crippen LogP contribution in [0, 0.1) is 17.7 Å². The monoisotopic (exact) mass is 289 g/mol. The van der Waals surface area contributed by atoms with Crippen molar-refractivity contribution in [3.05, 3.63) is 52.0 Å². The van der Waals surface area contributed by atoms with Crippen molar-refractivity contribution in [3.63, 3.8) is 0 Å². The molecule has 0 atom stereocenters. The van der Waals surface area contributed by atoms with Crippen molar-refractivity contribution in [2.24, 2.45) is 0 Å². The standard InChI is InChI=1S/C16H16FNOS/c1-2-18(16-8-4-3-7-15(16)17)12-14-10-9-13(20-14)6-5-11-19/h3-4,7-10,19H,2,11-12H2,1H3. The molecule has 0 aliphatic heterocycles. The maximum atomic E-state index is 13.8. The lowest BCUT2D eigenvalue weighted by atomic mass is 10.2. The van der Waals surface area contributed by atoms with Crippen LogP contribution in [0.15, 0.2) is 36.4 Å². The molecule has 0 unspecified atom stereocenters. The molecular formula is C16H16FNOS. The van der Waals surface area contributed by atoms with Gasteiger partial charge in [0, 0.05) is 11.4 Å². The minimum Gasteiger partial charge on any atom is -0.384 e. The molecule has 0 fully saturated rings. The number of hydrogen-bond acceptors (Lipinski definition) is 3. The number of aliphatic hydroxyl groups is 1. The van der Waals surface area contributed by atoms with Gasteiger partial charge in [-0.1, -0.05) is 24.0 Å². The van der Waals surface area contributed by atoms with Gasteiger partial charge in [-0.05, 0) is 31.2 Å². The number of anilines is 1. The molecular weight excluding hydrogens is 273 g/mol. The Balaban J connectivity index is 2.14. The first kappa shape index (κ1) is 14.6. The van der Waals surface area contributed by atoms with Gasteiger partial charge in [0.1, 0.15) is 12.4 Å². The molecule has 0 amide bonds. The minimum atomic E-state index is -0.203. The normalized spacial score (nSPS) is 9.95. The molecule has 1 N–H and O–H groups in total. The Morgan fingerprint density at radius 2 is 2.05 bits per heavy atom. The van der Waals surface area contributed by atoms with Crippen molar-refractivity contribution in [2.75, 3.05) is 18.1 Å². The Labute approximate surface area is 122 Å². The van der Waals surface area contributed by atoms with Crippen LogP contribution < -0.4 is 4.90 Å². The van der Waals surface area contributed by atoms with Gasteiger partial charge in [0.2, 0.25) is 0 Å². The predicted molar refractivity (Wildman–Crippen MR) is 81.4 cm³/mol. The lowest BCUT2D eigenvalue weighted by molar-refractivity contribution is 0.350. The summed E-state index contributed by atoms with van der Waals surface area (Å²) in [6.07, 6.45) is 0. The number of nitrogens with zero attached hydrogens (tertiary/aromatic N) is 1. The van der Waals surface area contributed by atoms with Crippen LogP contribution in [0.5, 0.6) is 0 Å². The summed E-state index contributed by atoms with van der Waals surface area (Å²) in [6.45, 7) is 3.26. The van der Waals surface area contributed by atoms with E-state index in [2.05, 4.69) is 11.8 Å². The van der Waals surface area contributed by atoms with Crippen LogP contribution in [0.25, 0.3) is 0 Å². The van der Waals surface area contributed by atoms with Crippen LogP contribution in [-0.4, -0.2) is 18.3 Å². The highest BCUT2D eigenvalue weighted by atomic mass is 32.1. The van der Waals surface area contributed by atoms with Crippen molar-refractivity contribution in [2.45, 2.75) is 13.5 Å². The van der Waals surface area contributed by atoms with Gasteiger partial charge in [-0.3, -0.25) is 0 Å². The molecule has 1 heterocycles. The summed E-state index contributed by atoms with van der Waals surface area (Å²) in [4.78, 5) is 4.03. The molecule has 2 aromatic rings. The third-order valence-electron chi connectivity index (χ3n) is 2.87. The van der Waals surface area contributed by atoms with Crippen LogP contribution in [0.1, 0.15) is 16.7 Å². The van der Waals surface area contributed by atoms with E-state index >= 15 is 0 Å². The van der Waals surface area contributed by atoms with E-state index in [0.717, 1.165) is 16.3 Å². The van der Waals surface area contributed by atoms with Crippen LogP contribution in [0.4, 0.5) is 10.1 Å². The molecule has 104 valence electrons. The molecule has 20 heavy (non-hydrogen) atoms. The summed E-state index contributed by atoms with van der Waals surface area (Å²) in [6, 6.07) is 10.7. The number of thiophene rings is 1. The molecule has 1 aromatic heterocycles. The van der Waals surface area contributed by atoms with Crippen molar-refractivity contribution < 1.29 is 9.50 Å². The van der Waals surface area contributed by atoms with Crippen molar-refractivity contribution >= 4 is 17.0 Å². The summed E-state index contributed by atoms with van der Waals surface area (Å²) in [5, 5.41) is 8.68. The molecule has 1 aromatic carbocycles. The van der Waals surface area contributed by atoms with Gasteiger partial charge in [-0.15, -0.1) is 11.3 Å². The van der Waals surface area contributed by atoms with Gasteiger partial charge in [0.25, 0.3) is 0 Å². The Morgan fingerprint density at radius 3 is 2.75 bits per heavy atom. The fourth-order valence-corrected chi connectivity index (χ4v) is 2.82. The fourth-order valence-electron chi connectivity index (χ4n) is 1.92. The summed E-state index contributed by atoms with van der Waals surface area (Å²) >= 11 is 1.57. The summed E-state index contributed by atoms with van der Waals surface area (Å²) in [5.74, 6) is 5.31. The first-order chi connectivity index (χ1) is 9.74. The summed E-state index contributed by atoms with van der Waals surface area (Å²) in [7, 11) is 0. The van der Waals surface area contributed by atoms with Gasteiger partial charge in [-0.2, -0.15) is 0 Å². The number of aliphatic hydroxyl groups excluding tert-OH is 1. The van der Waals surface area contributed by atoms with Gasteiger partial charge < -0.3 is 10.0 Å². The summed E-state index contributed by atoms with van der Waals surface area (Å²) < 4.78 is 13.8. The second kappa shape index (κ2) is 7.09. The first-order valence-corrected chi connectivity index (χ1v) is 7.24. The lowest BCUT2D eigenvalue weighted by Gasteiger charge is -2.22. The van der Waals surface area contributed by atoms with E-state index in [9.17, 15) is 4.39 Å². The topological polar surface area (TPSA) is 23.5 Å². The molecule has 2 nitrogen and oxygen atoms in total. The zero-order valence-corrected chi connectivity index (χ0v) is 12.1. The van der Waals surface area contributed by atoms with Gasteiger partial charge >= 0.3 is 0 Å². The largest absolute Gasteiger partial charge is 0.384 e. The Bertz CT molecular complexity index is 627.